The van der Waals surface area contributed by atoms with E-state index >= 15 is 0 Å². The number of fused-ring (bicyclic) bond motifs is 1. The molecule has 34 heavy (non-hydrogen) atoms. The Bertz CT molecular complexity index is 1180. The number of rotatable bonds is 5. The van der Waals surface area contributed by atoms with Gasteiger partial charge in [-0.1, -0.05) is 60.1 Å². The summed E-state index contributed by atoms with van der Waals surface area (Å²) < 4.78 is 24.0. The van der Waals surface area contributed by atoms with Gasteiger partial charge in [-0.25, -0.2) is 9.37 Å². The predicted molar refractivity (Wildman–Crippen MR) is 135 cm³/mol. The molecule has 4 nitrogen and oxygen atoms in total. The van der Waals surface area contributed by atoms with Crippen LogP contribution in [0.15, 0.2) is 85.1 Å². The van der Waals surface area contributed by atoms with Gasteiger partial charge in [0.2, 0.25) is 5.88 Å². The molecule has 5 rings (SSSR count). The fourth-order valence-electron chi connectivity index (χ4n) is 3.88. The second-order valence-corrected chi connectivity index (χ2v) is 8.75. The van der Waals surface area contributed by atoms with Gasteiger partial charge in [0.1, 0.15) is 18.2 Å². The summed E-state index contributed by atoms with van der Waals surface area (Å²) in [4.78, 5) is 4.38. The molecule has 4 aromatic rings. The van der Waals surface area contributed by atoms with Crippen molar-refractivity contribution in [2.45, 2.75) is 44.4 Å². The van der Waals surface area contributed by atoms with E-state index in [1.54, 1.807) is 24.4 Å². The molecule has 1 aromatic heterocycles. The Labute approximate surface area is 204 Å². The number of pyridine rings is 1. The van der Waals surface area contributed by atoms with Gasteiger partial charge in [-0.15, -0.1) is 0 Å². The van der Waals surface area contributed by atoms with Gasteiger partial charge >= 0.3 is 0 Å². The first-order chi connectivity index (χ1) is 16.6. The van der Waals surface area contributed by atoms with E-state index in [1.165, 1.54) is 12.1 Å². The van der Waals surface area contributed by atoms with Crippen molar-refractivity contribution in [2.75, 3.05) is 0 Å². The molecular weight excluding hydrogens is 451 g/mol. The summed E-state index contributed by atoms with van der Waals surface area (Å²) in [5.74, 6) is 1.11. The van der Waals surface area contributed by atoms with E-state index in [0.717, 1.165) is 42.0 Å². The van der Waals surface area contributed by atoms with Crippen molar-refractivity contribution in [3.05, 3.63) is 101 Å². The highest BCUT2D eigenvalue weighted by Gasteiger charge is 2.21. The molecule has 0 bridgehead atoms. The van der Waals surface area contributed by atoms with Crippen LogP contribution in [-0.2, 0) is 6.61 Å². The molecule has 1 fully saturated rings. The van der Waals surface area contributed by atoms with Crippen molar-refractivity contribution < 1.29 is 13.9 Å². The van der Waals surface area contributed by atoms with Crippen LogP contribution < -0.4 is 15.2 Å². The summed E-state index contributed by atoms with van der Waals surface area (Å²) in [5.41, 5.74) is 7.07. The van der Waals surface area contributed by atoms with Gasteiger partial charge in [-0.2, -0.15) is 0 Å². The molecule has 0 saturated heterocycles. The average Bonchev–Trinajstić information content (AvgIpc) is 2.86. The predicted octanol–water partition coefficient (Wildman–Crippen LogP) is 6.94. The van der Waals surface area contributed by atoms with Gasteiger partial charge in [0, 0.05) is 17.6 Å². The minimum atomic E-state index is -0.178. The second kappa shape index (κ2) is 11.8. The smallest absolute Gasteiger partial charge is 0.221 e. The van der Waals surface area contributed by atoms with Crippen molar-refractivity contribution in [1.82, 2.24) is 4.98 Å². The zero-order valence-corrected chi connectivity index (χ0v) is 19.6. The van der Waals surface area contributed by atoms with E-state index in [-0.39, 0.29) is 11.9 Å². The van der Waals surface area contributed by atoms with Crippen LogP contribution >= 0.6 is 11.6 Å². The Morgan fingerprint density at radius 1 is 0.912 bits per heavy atom. The highest BCUT2D eigenvalue weighted by Crippen LogP contribution is 2.35. The minimum Gasteiger partial charge on any atom is -0.489 e. The lowest BCUT2D eigenvalue weighted by atomic mass is 9.94. The summed E-state index contributed by atoms with van der Waals surface area (Å²) in [7, 11) is 0. The zero-order valence-electron chi connectivity index (χ0n) is 18.9. The van der Waals surface area contributed by atoms with Crippen LogP contribution in [0.3, 0.4) is 0 Å². The molecule has 0 amide bonds. The second-order valence-electron chi connectivity index (χ2n) is 8.34. The van der Waals surface area contributed by atoms with E-state index in [9.17, 15) is 4.39 Å². The Morgan fingerprint density at radius 2 is 1.59 bits per heavy atom. The molecule has 1 aliphatic rings. The molecule has 6 heteroatoms. The third-order valence-corrected chi connectivity index (χ3v) is 6.04. The highest BCUT2D eigenvalue weighted by molar-refractivity contribution is 6.33. The minimum absolute atomic E-state index is 0.176. The van der Waals surface area contributed by atoms with Gasteiger partial charge < -0.3 is 15.2 Å². The maximum atomic E-state index is 11.9. The Balaban J connectivity index is 0.000000336. The summed E-state index contributed by atoms with van der Waals surface area (Å²) in [6, 6.07) is 24.1. The van der Waals surface area contributed by atoms with Gasteiger partial charge in [0.05, 0.1) is 11.1 Å². The monoisotopic (exact) mass is 478 g/mol. The van der Waals surface area contributed by atoms with Crippen LogP contribution in [-0.4, -0.2) is 17.1 Å². The number of hydrogen-bond acceptors (Lipinski definition) is 4. The molecule has 2 N–H and O–H groups in total. The molecule has 0 aliphatic heterocycles. The summed E-state index contributed by atoms with van der Waals surface area (Å²) >= 11 is 6.51. The Morgan fingerprint density at radius 3 is 2.24 bits per heavy atom. The first-order valence-electron chi connectivity index (χ1n) is 11.5. The molecule has 0 unspecified atom stereocenters. The molecular formula is C28H28ClFN2O2. The van der Waals surface area contributed by atoms with Crippen molar-refractivity contribution >= 4 is 22.4 Å². The Kier molecular flexibility index (Phi) is 8.34. The number of nitrogens with two attached hydrogens (primary N) is 1. The van der Waals surface area contributed by atoms with Gasteiger partial charge in [-0.3, -0.25) is 0 Å². The summed E-state index contributed by atoms with van der Waals surface area (Å²) in [5, 5.41) is 2.46. The van der Waals surface area contributed by atoms with Crippen LogP contribution in [0.5, 0.6) is 11.6 Å². The van der Waals surface area contributed by atoms with Crippen LogP contribution in [0.25, 0.3) is 10.8 Å². The van der Waals surface area contributed by atoms with Gasteiger partial charge in [-0.05, 0) is 67.0 Å². The van der Waals surface area contributed by atoms with E-state index in [2.05, 4.69) is 4.98 Å². The SMILES string of the molecule is Fc1ccccc1.NC1CCC(Oc2cc3ccnc(OCc4ccccc4)c3cc2Cl)CC1. The highest BCUT2D eigenvalue weighted by atomic mass is 35.5. The number of hydrogen-bond donors (Lipinski definition) is 1. The number of ether oxygens (including phenoxy) is 2. The molecule has 0 spiro atoms. The number of halogens is 2. The first kappa shape index (κ1) is 24.0. The van der Waals surface area contributed by atoms with Crippen molar-refractivity contribution in [1.29, 1.82) is 0 Å². The van der Waals surface area contributed by atoms with Crippen LogP contribution in [0.1, 0.15) is 31.2 Å². The van der Waals surface area contributed by atoms with Crippen LogP contribution in [0.2, 0.25) is 5.02 Å². The number of benzene rings is 3. The molecule has 1 heterocycles. The maximum Gasteiger partial charge on any atom is 0.221 e. The molecule has 3 aromatic carbocycles. The maximum absolute atomic E-state index is 11.9. The van der Waals surface area contributed by atoms with E-state index in [0.29, 0.717) is 29.3 Å². The largest absolute Gasteiger partial charge is 0.489 e. The summed E-state index contributed by atoms with van der Waals surface area (Å²) in [6.07, 6.45) is 5.86. The van der Waals surface area contributed by atoms with Gasteiger partial charge in [0.15, 0.2) is 0 Å². The Hall–Kier alpha value is -3.15. The van der Waals surface area contributed by atoms with Crippen molar-refractivity contribution in [3.63, 3.8) is 0 Å². The van der Waals surface area contributed by atoms with E-state index < -0.39 is 0 Å². The molecule has 1 aliphatic carbocycles. The fraction of sp³-hybridized carbons (Fsp3) is 0.250. The first-order valence-corrected chi connectivity index (χ1v) is 11.8. The number of nitrogens with zero attached hydrogens (tertiary/aromatic N) is 1. The van der Waals surface area contributed by atoms with E-state index in [1.807, 2.05) is 48.5 Å². The van der Waals surface area contributed by atoms with Crippen LogP contribution in [0, 0.1) is 5.82 Å². The van der Waals surface area contributed by atoms with E-state index in [4.69, 9.17) is 26.8 Å². The topological polar surface area (TPSA) is 57.4 Å². The standard InChI is InChI=1S/C22H23ClN2O2.C6H5F/c23-20-13-19-16(12-21(20)27-18-8-6-17(24)7-9-18)10-11-25-22(19)26-14-15-4-2-1-3-5-15;7-6-4-2-1-3-5-6/h1-5,10-13,17-18H,6-9,14,24H2;1-5H. The quantitative estimate of drug-likeness (QED) is 0.337. The number of aromatic nitrogens is 1. The van der Waals surface area contributed by atoms with Gasteiger partial charge in [0.25, 0.3) is 0 Å². The third-order valence-electron chi connectivity index (χ3n) is 5.74. The molecule has 1 saturated carbocycles. The lowest BCUT2D eigenvalue weighted by molar-refractivity contribution is 0.147. The lowest BCUT2D eigenvalue weighted by Crippen LogP contribution is -2.31. The van der Waals surface area contributed by atoms with Crippen molar-refractivity contribution in [2.24, 2.45) is 5.73 Å². The summed E-state index contributed by atoms with van der Waals surface area (Å²) in [6.45, 7) is 0.463. The molecule has 0 radical (unpaired) electrons. The zero-order chi connectivity index (χ0) is 23.8. The van der Waals surface area contributed by atoms with Crippen LogP contribution in [0.4, 0.5) is 4.39 Å². The normalized spacial score (nSPS) is 17.5. The third kappa shape index (κ3) is 6.69. The lowest BCUT2D eigenvalue weighted by Gasteiger charge is -2.27. The fourth-order valence-corrected chi connectivity index (χ4v) is 4.09. The molecule has 176 valence electrons. The van der Waals surface area contributed by atoms with Crippen molar-refractivity contribution in [3.8, 4) is 11.6 Å². The molecule has 0 atom stereocenters. The average molecular weight is 479 g/mol.